The molecule has 1 nitrogen and oxygen atoms in total. The molecule has 0 aliphatic heterocycles. The third-order valence-corrected chi connectivity index (χ3v) is 0.751. The summed E-state index contributed by atoms with van der Waals surface area (Å²) in [4.78, 5) is 0. The summed E-state index contributed by atoms with van der Waals surface area (Å²) >= 11 is 0. The van der Waals surface area contributed by atoms with Crippen molar-refractivity contribution < 1.29 is 22.3 Å². The lowest BCUT2D eigenvalue weighted by molar-refractivity contribution is -0.145. The third kappa shape index (κ3) is 7.68. The maximum absolute atomic E-state index is 11.3. The molecule has 10 heavy (non-hydrogen) atoms. The lowest BCUT2D eigenvalue weighted by Crippen LogP contribution is -2.12. The van der Waals surface area contributed by atoms with E-state index < -0.39 is 25.9 Å². The van der Waals surface area contributed by atoms with Gasteiger partial charge in [-0.15, -0.1) is 0 Å². The first kappa shape index (κ1) is 9.68. The maximum atomic E-state index is 11.3. The molecule has 0 atom stereocenters. The minimum absolute atomic E-state index is 0.254. The first-order valence-electron chi connectivity index (χ1n) is 2.77. The fourth-order valence-corrected chi connectivity index (χ4v) is 0.345. The van der Waals surface area contributed by atoms with Crippen LogP contribution in [0.3, 0.4) is 0 Å². The van der Waals surface area contributed by atoms with Gasteiger partial charge < -0.3 is 4.74 Å². The summed E-state index contributed by atoms with van der Waals surface area (Å²) in [6, 6.07) is 0. The Hall–Kier alpha value is -0.320. The zero-order valence-electron chi connectivity index (χ0n) is 5.25. The van der Waals surface area contributed by atoms with Gasteiger partial charge >= 0.3 is 6.18 Å². The van der Waals surface area contributed by atoms with E-state index in [9.17, 15) is 17.6 Å². The molecule has 5 heteroatoms. The van der Waals surface area contributed by atoms with Gasteiger partial charge in [0.05, 0.1) is 19.6 Å². The van der Waals surface area contributed by atoms with E-state index in [1.165, 1.54) is 0 Å². The number of rotatable bonds is 4. The second-order valence-electron chi connectivity index (χ2n) is 1.67. The molecule has 0 radical (unpaired) electrons. The van der Waals surface area contributed by atoms with Crippen molar-refractivity contribution >= 4 is 0 Å². The summed E-state index contributed by atoms with van der Waals surface area (Å²) in [7, 11) is 0. The van der Waals surface area contributed by atoms with E-state index in [4.69, 9.17) is 0 Å². The van der Waals surface area contributed by atoms with Crippen molar-refractivity contribution in [3.63, 3.8) is 0 Å². The molecule has 62 valence electrons. The summed E-state index contributed by atoms with van der Waals surface area (Å²) in [6.45, 7) is -1.44. The van der Waals surface area contributed by atoms with Crippen LogP contribution in [-0.4, -0.2) is 26.1 Å². The van der Waals surface area contributed by atoms with Crippen LogP contribution in [0.2, 0.25) is 0 Å². The monoisotopic (exact) mass is 160 g/mol. The number of ether oxygens (including phenoxy) is 1. The first-order valence-corrected chi connectivity index (χ1v) is 2.77. The van der Waals surface area contributed by atoms with E-state index in [0.717, 1.165) is 0 Å². The molecule has 0 amide bonds. The van der Waals surface area contributed by atoms with Crippen LogP contribution in [-0.2, 0) is 4.74 Å². The lowest BCUT2D eigenvalue weighted by Gasteiger charge is -2.04. The van der Waals surface area contributed by atoms with Gasteiger partial charge in [0.2, 0.25) is 0 Å². The van der Waals surface area contributed by atoms with Gasteiger partial charge in [-0.05, 0) is 0 Å². The highest BCUT2D eigenvalue weighted by atomic mass is 19.4. The van der Waals surface area contributed by atoms with Crippen LogP contribution in [0.1, 0.15) is 6.42 Å². The molecular formula is C5H8F4O. The topological polar surface area (TPSA) is 9.23 Å². The Morgan fingerprint density at radius 3 is 2.10 bits per heavy atom. The Morgan fingerprint density at radius 2 is 1.70 bits per heavy atom. The molecule has 0 saturated heterocycles. The fraction of sp³-hybridized carbons (Fsp3) is 1.00. The van der Waals surface area contributed by atoms with E-state index in [-0.39, 0.29) is 6.61 Å². The minimum Gasteiger partial charge on any atom is -0.378 e. The van der Waals surface area contributed by atoms with Gasteiger partial charge in [-0.1, -0.05) is 0 Å². The number of halogens is 4. The summed E-state index contributed by atoms with van der Waals surface area (Å²) in [5.41, 5.74) is 0. The molecule has 0 aromatic carbocycles. The van der Waals surface area contributed by atoms with Crippen LogP contribution in [0.15, 0.2) is 0 Å². The summed E-state index contributed by atoms with van der Waals surface area (Å²) in [5.74, 6) is 0. The molecule has 0 aromatic heterocycles. The van der Waals surface area contributed by atoms with Crippen LogP contribution in [0.5, 0.6) is 0 Å². The maximum Gasteiger partial charge on any atom is 0.391 e. The molecule has 0 fully saturated rings. The first-order chi connectivity index (χ1) is 4.56. The van der Waals surface area contributed by atoms with Crippen LogP contribution < -0.4 is 0 Å². The van der Waals surface area contributed by atoms with Crippen LogP contribution in [0.4, 0.5) is 17.6 Å². The highest BCUT2D eigenvalue weighted by molar-refractivity contribution is 4.47. The van der Waals surface area contributed by atoms with Crippen LogP contribution >= 0.6 is 0 Å². The SMILES string of the molecule is FCCOCCC(F)(F)F. The van der Waals surface area contributed by atoms with E-state index in [2.05, 4.69) is 4.74 Å². The van der Waals surface area contributed by atoms with Gasteiger partial charge in [0, 0.05) is 0 Å². The molecule has 0 saturated carbocycles. The van der Waals surface area contributed by atoms with Gasteiger partial charge in [-0.2, -0.15) is 13.2 Å². The predicted molar refractivity (Wildman–Crippen MR) is 27.5 cm³/mol. The third-order valence-electron chi connectivity index (χ3n) is 0.751. The average molecular weight is 160 g/mol. The Kier molecular flexibility index (Phi) is 4.34. The number of alkyl halides is 4. The number of hydrogen-bond acceptors (Lipinski definition) is 1. The molecule has 0 aliphatic carbocycles. The van der Waals surface area contributed by atoms with Crippen molar-refractivity contribution in [2.24, 2.45) is 0 Å². The fourth-order valence-electron chi connectivity index (χ4n) is 0.345. The second kappa shape index (κ2) is 4.49. The molecular weight excluding hydrogens is 152 g/mol. The second-order valence-corrected chi connectivity index (χ2v) is 1.67. The van der Waals surface area contributed by atoms with Gasteiger partial charge in [-0.25, -0.2) is 4.39 Å². The van der Waals surface area contributed by atoms with Gasteiger partial charge in [0.15, 0.2) is 0 Å². The highest BCUT2D eigenvalue weighted by Gasteiger charge is 2.26. The average Bonchev–Trinajstić information content (AvgIpc) is 1.78. The zero-order chi connectivity index (χ0) is 8.04. The molecule has 0 N–H and O–H groups in total. The summed E-state index contributed by atoms with van der Waals surface area (Å²) in [6.07, 6.45) is -5.21. The van der Waals surface area contributed by atoms with Gasteiger partial charge in [-0.3, -0.25) is 0 Å². The van der Waals surface area contributed by atoms with Crippen LogP contribution in [0, 0.1) is 0 Å². The molecule has 0 bridgehead atoms. The zero-order valence-corrected chi connectivity index (χ0v) is 5.25. The van der Waals surface area contributed by atoms with E-state index in [0.29, 0.717) is 0 Å². The standard InChI is InChI=1S/C5H8F4O/c6-2-4-10-3-1-5(7,8)9/h1-4H2. The van der Waals surface area contributed by atoms with Crippen molar-refractivity contribution in [2.45, 2.75) is 12.6 Å². The van der Waals surface area contributed by atoms with Gasteiger partial charge in [0.1, 0.15) is 6.67 Å². The molecule has 0 heterocycles. The van der Waals surface area contributed by atoms with E-state index in [1.807, 2.05) is 0 Å². The minimum atomic E-state index is -4.20. The Bertz CT molecular complexity index is 80.2. The van der Waals surface area contributed by atoms with Crippen molar-refractivity contribution in [1.29, 1.82) is 0 Å². The van der Waals surface area contributed by atoms with Crippen LogP contribution in [0.25, 0.3) is 0 Å². The van der Waals surface area contributed by atoms with Crippen molar-refractivity contribution in [3.8, 4) is 0 Å². The molecule has 0 rings (SSSR count). The summed E-state index contributed by atoms with van der Waals surface area (Å²) < 4.78 is 49.4. The number of hydrogen-bond donors (Lipinski definition) is 0. The molecule has 0 spiro atoms. The van der Waals surface area contributed by atoms with E-state index >= 15 is 0 Å². The van der Waals surface area contributed by atoms with Crippen molar-refractivity contribution in [3.05, 3.63) is 0 Å². The van der Waals surface area contributed by atoms with Gasteiger partial charge in [0.25, 0.3) is 0 Å². The molecule has 0 aromatic rings. The lowest BCUT2D eigenvalue weighted by atomic mass is 10.4. The Morgan fingerprint density at radius 1 is 1.10 bits per heavy atom. The molecule has 0 unspecified atom stereocenters. The Labute approximate surface area is 56.0 Å². The van der Waals surface area contributed by atoms with Crippen molar-refractivity contribution in [1.82, 2.24) is 0 Å². The smallest absolute Gasteiger partial charge is 0.378 e. The molecule has 0 aliphatic rings. The largest absolute Gasteiger partial charge is 0.391 e. The Balaban J connectivity index is 3.04. The normalized spacial score (nSPS) is 12.0. The highest BCUT2D eigenvalue weighted by Crippen LogP contribution is 2.18. The quantitative estimate of drug-likeness (QED) is 0.451. The van der Waals surface area contributed by atoms with Crippen molar-refractivity contribution in [2.75, 3.05) is 19.9 Å². The predicted octanol–water partition coefficient (Wildman–Crippen LogP) is 1.92. The summed E-state index contributed by atoms with van der Waals surface area (Å²) in [5, 5.41) is 0. The van der Waals surface area contributed by atoms with E-state index in [1.54, 1.807) is 0 Å².